The van der Waals surface area contributed by atoms with E-state index in [0.29, 0.717) is 22.7 Å². The van der Waals surface area contributed by atoms with E-state index < -0.39 is 6.04 Å². The van der Waals surface area contributed by atoms with Gasteiger partial charge in [-0.25, -0.2) is 9.37 Å². The standard InChI is InChI=1S/C16H13ClFN3/c17-11-5-6-12(18)10(7-11)8-13(19)16-9-20-14-3-1-2-4-15(14)21-16/h1-7,9,13H,8,19H2. The zero-order valence-electron chi connectivity index (χ0n) is 11.1. The smallest absolute Gasteiger partial charge is 0.126 e. The van der Waals surface area contributed by atoms with Crippen molar-refractivity contribution in [2.45, 2.75) is 12.5 Å². The van der Waals surface area contributed by atoms with Gasteiger partial charge >= 0.3 is 0 Å². The Bertz CT molecular complexity index is 791. The number of rotatable bonds is 3. The van der Waals surface area contributed by atoms with Crippen LogP contribution in [0.1, 0.15) is 17.3 Å². The molecule has 3 rings (SSSR count). The van der Waals surface area contributed by atoms with Gasteiger partial charge in [-0.3, -0.25) is 4.98 Å². The number of halogens is 2. The number of fused-ring (bicyclic) bond motifs is 1. The molecule has 0 bridgehead atoms. The molecule has 0 aliphatic rings. The molecule has 0 spiro atoms. The Morgan fingerprint density at radius 1 is 1.14 bits per heavy atom. The highest BCUT2D eigenvalue weighted by Crippen LogP contribution is 2.21. The molecule has 3 nitrogen and oxygen atoms in total. The number of hydrogen-bond acceptors (Lipinski definition) is 3. The van der Waals surface area contributed by atoms with Gasteiger partial charge in [0, 0.05) is 5.02 Å². The molecule has 1 atom stereocenters. The van der Waals surface area contributed by atoms with Crippen molar-refractivity contribution in [2.24, 2.45) is 5.73 Å². The van der Waals surface area contributed by atoms with Gasteiger partial charge in [0.15, 0.2) is 0 Å². The maximum Gasteiger partial charge on any atom is 0.126 e. The first-order valence-electron chi connectivity index (χ1n) is 6.54. The first-order valence-corrected chi connectivity index (χ1v) is 6.92. The summed E-state index contributed by atoms with van der Waals surface area (Å²) in [6.07, 6.45) is 1.95. The van der Waals surface area contributed by atoms with E-state index in [1.165, 1.54) is 12.1 Å². The summed E-state index contributed by atoms with van der Waals surface area (Å²) in [5.74, 6) is -0.316. The molecule has 1 unspecified atom stereocenters. The van der Waals surface area contributed by atoms with E-state index in [9.17, 15) is 4.39 Å². The van der Waals surface area contributed by atoms with Crippen LogP contribution in [0.4, 0.5) is 4.39 Å². The molecule has 2 aromatic carbocycles. The van der Waals surface area contributed by atoms with Gasteiger partial charge in [-0.1, -0.05) is 23.7 Å². The summed E-state index contributed by atoms with van der Waals surface area (Å²) in [5, 5.41) is 0.489. The predicted molar refractivity (Wildman–Crippen MR) is 81.6 cm³/mol. The van der Waals surface area contributed by atoms with Crippen molar-refractivity contribution < 1.29 is 4.39 Å². The first kappa shape index (κ1) is 13.9. The summed E-state index contributed by atoms with van der Waals surface area (Å²) < 4.78 is 13.7. The SMILES string of the molecule is NC(Cc1cc(Cl)ccc1F)c1cnc2ccccc2n1. The van der Waals surface area contributed by atoms with Crippen LogP contribution in [-0.4, -0.2) is 9.97 Å². The highest BCUT2D eigenvalue weighted by atomic mass is 35.5. The molecule has 5 heteroatoms. The Morgan fingerprint density at radius 2 is 1.90 bits per heavy atom. The van der Waals surface area contributed by atoms with Gasteiger partial charge in [0.1, 0.15) is 5.82 Å². The third-order valence-corrected chi connectivity index (χ3v) is 3.53. The molecule has 1 heterocycles. The second-order valence-electron chi connectivity index (χ2n) is 4.83. The van der Waals surface area contributed by atoms with E-state index in [1.54, 1.807) is 12.3 Å². The maximum absolute atomic E-state index is 13.7. The highest BCUT2D eigenvalue weighted by molar-refractivity contribution is 6.30. The van der Waals surface area contributed by atoms with Crippen LogP contribution in [0, 0.1) is 5.82 Å². The minimum atomic E-state index is -0.435. The third-order valence-electron chi connectivity index (χ3n) is 3.29. The van der Waals surface area contributed by atoms with Crippen molar-refractivity contribution in [1.82, 2.24) is 9.97 Å². The molecule has 0 saturated heterocycles. The van der Waals surface area contributed by atoms with Gasteiger partial charge in [0.25, 0.3) is 0 Å². The van der Waals surface area contributed by atoms with E-state index in [2.05, 4.69) is 9.97 Å². The molecule has 0 aliphatic heterocycles. The lowest BCUT2D eigenvalue weighted by molar-refractivity contribution is 0.590. The number of benzene rings is 2. The number of nitrogens with zero attached hydrogens (tertiary/aromatic N) is 2. The average molecular weight is 302 g/mol. The second kappa shape index (κ2) is 5.76. The van der Waals surface area contributed by atoms with Gasteiger partial charge in [-0.15, -0.1) is 0 Å². The molecule has 0 radical (unpaired) electrons. The lowest BCUT2D eigenvalue weighted by Gasteiger charge is -2.12. The fourth-order valence-electron chi connectivity index (χ4n) is 2.19. The van der Waals surface area contributed by atoms with Crippen molar-refractivity contribution in [1.29, 1.82) is 0 Å². The van der Waals surface area contributed by atoms with Crippen LogP contribution in [0.25, 0.3) is 11.0 Å². The van der Waals surface area contributed by atoms with Crippen LogP contribution < -0.4 is 5.73 Å². The van der Waals surface area contributed by atoms with Gasteiger partial charge in [-0.2, -0.15) is 0 Å². The van der Waals surface area contributed by atoms with E-state index >= 15 is 0 Å². The van der Waals surface area contributed by atoms with Crippen molar-refractivity contribution in [3.05, 3.63) is 70.8 Å². The largest absolute Gasteiger partial charge is 0.322 e. The Morgan fingerprint density at radius 3 is 2.71 bits per heavy atom. The Balaban J connectivity index is 1.89. The molecule has 3 aromatic rings. The quantitative estimate of drug-likeness (QED) is 0.803. The lowest BCUT2D eigenvalue weighted by atomic mass is 10.0. The third kappa shape index (κ3) is 3.01. The molecule has 106 valence electrons. The minimum Gasteiger partial charge on any atom is -0.322 e. The summed E-state index contributed by atoms with van der Waals surface area (Å²) >= 11 is 5.89. The maximum atomic E-state index is 13.7. The van der Waals surface area contributed by atoms with Crippen molar-refractivity contribution in [2.75, 3.05) is 0 Å². The molecule has 21 heavy (non-hydrogen) atoms. The molecule has 0 saturated carbocycles. The number of aromatic nitrogens is 2. The van der Waals surface area contributed by atoms with Gasteiger partial charge in [0.05, 0.1) is 29.0 Å². The lowest BCUT2D eigenvalue weighted by Crippen LogP contribution is -2.16. The van der Waals surface area contributed by atoms with Crippen LogP contribution in [0.3, 0.4) is 0 Å². The van der Waals surface area contributed by atoms with Crippen molar-refractivity contribution >= 4 is 22.6 Å². The first-order chi connectivity index (χ1) is 10.1. The zero-order chi connectivity index (χ0) is 14.8. The van der Waals surface area contributed by atoms with Gasteiger partial charge in [-0.05, 0) is 42.3 Å². The van der Waals surface area contributed by atoms with Crippen LogP contribution in [0.2, 0.25) is 5.02 Å². The fraction of sp³-hybridized carbons (Fsp3) is 0.125. The molecule has 2 N–H and O–H groups in total. The van der Waals surface area contributed by atoms with E-state index in [4.69, 9.17) is 17.3 Å². The summed E-state index contributed by atoms with van der Waals surface area (Å²) in [4.78, 5) is 8.80. The summed E-state index contributed by atoms with van der Waals surface area (Å²) in [6.45, 7) is 0. The topological polar surface area (TPSA) is 51.8 Å². The van der Waals surface area contributed by atoms with Gasteiger partial charge in [0.2, 0.25) is 0 Å². The van der Waals surface area contributed by atoms with Crippen LogP contribution in [0.15, 0.2) is 48.7 Å². The number of para-hydroxylation sites is 2. The van der Waals surface area contributed by atoms with E-state index in [1.807, 2.05) is 24.3 Å². The van der Waals surface area contributed by atoms with E-state index in [0.717, 1.165) is 11.0 Å². The Labute approximate surface area is 126 Å². The molecular weight excluding hydrogens is 289 g/mol. The van der Waals surface area contributed by atoms with Crippen LogP contribution >= 0.6 is 11.6 Å². The average Bonchev–Trinajstić information content (AvgIpc) is 2.50. The highest BCUT2D eigenvalue weighted by Gasteiger charge is 2.13. The summed E-state index contributed by atoms with van der Waals surface area (Å²) in [5.41, 5.74) is 8.82. The zero-order valence-corrected chi connectivity index (χ0v) is 11.9. The molecule has 0 amide bonds. The normalized spacial score (nSPS) is 12.5. The monoisotopic (exact) mass is 301 g/mol. The van der Waals surface area contributed by atoms with Crippen LogP contribution in [0.5, 0.6) is 0 Å². The molecule has 0 aliphatic carbocycles. The number of nitrogens with two attached hydrogens (primary N) is 1. The number of hydrogen-bond donors (Lipinski definition) is 1. The minimum absolute atomic E-state index is 0.316. The van der Waals surface area contributed by atoms with Crippen molar-refractivity contribution in [3.8, 4) is 0 Å². The fourth-order valence-corrected chi connectivity index (χ4v) is 2.39. The molecular formula is C16H13ClFN3. The predicted octanol–water partition coefficient (Wildman–Crippen LogP) is 3.66. The Kier molecular flexibility index (Phi) is 3.82. The summed E-state index contributed by atoms with van der Waals surface area (Å²) in [6, 6.07) is 11.6. The van der Waals surface area contributed by atoms with E-state index in [-0.39, 0.29) is 5.82 Å². The molecule has 0 fully saturated rings. The summed E-state index contributed by atoms with van der Waals surface area (Å²) in [7, 11) is 0. The Hall–Kier alpha value is -2.04. The molecule has 1 aromatic heterocycles. The van der Waals surface area contributed by atoms with Crippen LogP contribution in [-0.2, 0) is 6.42 Å². The second-order valence-corrected chi connectivity index (χ2v) is 5.27. The van der Waals surface area contributed by atoms with Gasteiger partial charge < -0.3 is 5.73 Å². The van der Waals surface area contributed by atoms with Crippen molar-refractivity contribution in [3.63, 3.8) is 0 Å².